The molecule has 0 amide bonds. The van der Waals surface area contributed by atoms with Gasteiger partial charge in [0.2, 0.25) is 0 Å². The first kappa shape index (κ1) is 30.3. The molecule has 1 aliphatic rings. The summed E-state index contributed by atoms with van der Waals surface area (Å²) in [4.78, 5) is 43.8. The molecule has 0 saturated carbocycles. The highest BCUT2D eigenvalue weighted by atomic mass is 127. The van der Waals surface area contributed by atoms with Gasteiger partial charge in [-0.1, -0.05) is 17.4 Å². The summed E-state index contributed by atoms with van der Waals surface area (Å²) in [5, 5.41) is 0. The van der Waals surface area contributed by atoms with Crippen molar-refractivity contribution in [3.05, 3.63) is 76.0 Å². The molecule has 41 heavy (non-hydrogen) atoms. The standard InChI is InChI=1S/C29H29IN2O8S/c1-7-38-21-14-18(9-10-20(21)36-5)25-24(28(35)39-8-2)15(3)31-29-32(25)27(34)23(41-29)13-17-11-19(30)26(40-16(4)33)22(12-17)37-6/h9-14,25H,7-8H2,1-6H3/b23-13-/t25-/m0/s1. The quantitative estimate of drug-likeness (QED) is 0.190. The van der Waals surface area contributed by atoms with Crippen LogP contribution in [0.3, 0.4) is 0 Å². The van der Waals surface area contributed by atoms with Gasteiger partial charge in [-0.15, -0.1) is 0 Å². The van der Waals surface area contributed by atoms with Crippen molar-refractivity contribution >= 4 is 51.9 Å². The van der Waals surface area contributed by atoms with Gasteiger partial charge in [0, 0.05) is 6.92 Å². The first-order valence-electron chi connectivity index (χ1n) is 12.7. The highest BCUT2D eigenvalue weighted by molar-refractivity contribution is 14.1. The first-order chi connectivity index (χ1) is 19.6. The first-order valence-corrected chi connectivity index (χ1v) is 14.6. The molecule has 0 fully saturated rings. The fraction of sp³-hybridized carbons (Fsp3) is 0.310. The Labute approximate surface area is 254 Å². The largest absolute Gasteiger partial charge is 0.493 e. The number of rotatable bonds is 9. The van der Waals surface area contributed by atoms with E-state index >= 15 is 0 Å². The van der Waals surface area contributed by atoms with Crippen molar-refractivity contribution in [2.24, 2.45) is 4.99 Å². The van der Waals surface area contributed by atoms with Crippen molar-refractivity contribution in [1.29, 1.82) is 0 Å². The summed E-state index contributed by atoms with van der Waals surface area (Å²) in [5.74, 6) is 0.650. The number of carbonyl (C=O) groups is 2. The van der Waals surface area contributed by atoms with Crippen LogP contribution in [0, 0.1) is 3.57 Å². The molecule has 1 atom stereocenters. The molecule has 3 aromatic rings. The minimum Gasteiger partial charge on any atom is -0.493 e. The third-order valence-electron chi connectivity index (χ3n) is 6.12. The van der Waals surface area contributed by atoms with E-state index in [1.54, 1.807) is 57.4 Å². The molecule has 0 N–H and O–H groups in total. The highest BCUT2D eigenvalue weighted by Gasteiger charge is 2.34. The van der Waals surface area contributed by atoms with Crippen LogP contribution in [0.15, 0.2) is 51.4 Å². The van der Waals surface area contributed by atoms with E-state index in [1.165, 1.54) is 29.9 Å². The summed E-state index contributed by atoms with van der Waals surface area (Å²) in [6.07, 6.45) is 1.71. The van der Waals surface area contributed by atoms with E-state index in [9.17, 15) is 14.4 Å². The molecule has 0 bridgehead atoms. The summed E-state index contributed by atoms with van der Waals surface area (Å²) in [6.45, 7) is 7.20. The molecule has 0 saturated heterocycles. The molecule has 4 rings (SSSR count). The smallest absolute Gasteiger partial charge is 0.338 e. The second kappa shape index (κ2) is 12.9. The number of esters is 2. The van der Waals surface area contributed by atoms with Crippen LogP contribution in [0.5, 0.6) is 23.0 Å². The number of benzene rings is 2. The SMILES string of the molecule is CCOC(=O)C1=C(C)N=c2s/c(=C\c3cc(I)c(OC(C)=O)c(OC)c3)c(=O)n2[C@H]1c1ccc(OC)c(OCC)c1. The normalized spacial score (nSPS) is 14.7. The monoisotopic (exact) mass is 692 g/mol. The number of carbonyl (C=O) groups excluding carboxylic acids is 2. The second-order valence-corrected chi connectivity index (χ2v) is 10.9. The summed E-state index contributed by atoms with van der Waals surface area (Å²) in [5.41, 5.74) is 1.69. The third kappa shape index (κ3) is 6.17. The van der Waals surface area contributed by atoms with E-state index < -0.39 is 18.0 Å². The van der Waals surface area contributed by atoms with Gasteiger partial charge in [0.1, 0.15) is 0 Å². The van der Waals surface area contributed by atoms with Gasteiger partial charge >= 0.3 is 11.9 Å². The predicted octanol–water partition coefficient (Wildman–Crippen LogP) is 3.74. The minimum absolute atomic E-state index is 0.170. The molecule has 2 aromatic carbocycles. The summed E-state index contributed by atoms with van der Waals surface area (Å²) in [6, 6.07) is 7.96. The van der Waals surface area contributed by atoms with Crippen molar-refractivity contribution in [1.82, 2.24) is 4.57 Å². The zero-order chi connectivity index (χ0) is 29.8. The molecule has 0 aliphatic carbocycles. The van der Waals surface area contributed by atoms with Crippen LogP contribution < -0.4 is 33.8 Å². The molecular weight excluding hydrogens is 663 g/mol. The summed E-state index contributed by atoms with van der Waals surface area (Å²) >= 11 is 3.25. The molecule has 2 heterocycles. The van der Waals surface area contributed by atoms with Gasteiger partial charge in [0.25, 0.3) is 5.56 Å². The molecule has 1 aromatic heterocycles. The topological polar surface area (TPSA) is 115 Å². The van der Waals surface area contributed by atoms with Crippen molar-refractivity contribution in [3.63, 3.8) is 0 Å². The lowest BCUT2D eigenvalue weighted by Crippen LogP contribution is -2.40. The van der Waals surface area contributed by atoms with Crippen LogP contribution >= 0.6 is 33.9 Å². The molecular formula is C29H29IN2O8S. The van der Waals surface area contributed by atoms with Gasteiger partial charge in [-0.25, -0.2) is 9.79 Å². The number of nitrogens with zero attached hydrogens (tertiary/aromatic N) is 2. The minimum atomic E-state index is -0.807. The predicted molar refractivity (Wildman–Crippen MR) is 162 cm³/mol. The number of hydrogen-bond donors (Lipinski definition) is 0. The van der Waals surface area contributed by atoms with Crippen LogP contribution in [0.25, 0.3) is 6.08 Å². The van der Waals surface area contributed by atoms with Gasteiger partial charge in [-0.2, -0.15) is 0 Å². The number of ether oxygens (including phenoxy) is 5. The van der Waals surface area contributed by atoms with Crippen LogP contribution in [-0.4, -0.2) is 43.9 Å². The van der Waals surface area contributed by atoms with E-state index in [2.05, 4.69) is 4.99 Å². The summed E-state index contributed by atoms with van der Waals surface area (Å²) < 4.78 is 29.9. The van der Waals surface area contributed by atoms with Crippen molar-refractivity contribution in [3.8, 4) is 23.0 Å². The van der Waals surface area contributed by atoms with Crippen molar-refractivity contribution in [2.45, 2.75) is 33.7 Å². The molecule has 10 nitrogen and oxygen atoms in total. The van der Waals surface area contributed by atoms with E-state index in [1.807, 2.05) is 29.5 Å². The Bertz CT molecular complexity index is 1720. The van der Waals surface area contributed by atoms with E-state index in [-0.39, 0.29) is 17.7 Å². The van der Waals surface area contributed by atoms with E-state index in [0.717, 1.165) is 0 Å². The lowest BCUT2D eigenvalue weighted by atomic mass is 9.95. The number of methoxy groups -OCH3 is 2. The van der Waals surface area contributed by atoms with Gasteiger partial charge in [0.05, 0.1) is 52.8 Å². The van der Waals surface area contributed by atoms with Gasteiger partial charge in [0.15, 0.2) is 27.8 Å². The Kier molecular flexibility index (Phi) is 9.53. The Balaban J connectivity index is 1.94. The van der Waals surface area contributed by atoms with Crippen LogP contribution in [0.1, 0.15) is 44.9 Å². The number of allylic oxidation sites excluding steroid dienone is 1. The Morgan fingerprint density at radius 2 is 1.80 bits per heavy atom. The molecule has 0 spiro atoms. The Hall–Kier alpha value is -3.65. The van der Waals surface area contributed by atoms with Gasteiger partial charge in [-0.05, 0) is 84.8 Å². The Morgan fingerprint density at radius 1 is 1.07 bits per heavy atom. The second-order valence-electron chi connectivity index (χ2n) is 8.77. The zero-order valence-corrected chi connectivity index (χ0v) is 26.4. The maximum Gasteiger partial charge on any atom is 0.338 e. The number of hydrogen-bond acceptors (Lipinski definition) is 10. The van der Waals surface area contributed by atoms with Gasteiger partial charge < -0.3 is 23.7 Å². The van der Waals surface area contributed by atoms with Crippen molar-refractivity contribution < 1.29 is 33.3 Å². The lowest BCUT2D eigenvalue weighted by molar-refractivity contribution is -0.139. The fourth-order valence-electron chi connectivity index (χ4n) is 4.46. The fourth-order valence-corrected chi connectivity index (χ4v) is 6.24. The molecule has 12 heteroatoms. The van der Waals surface area contributed by atoms with E-state index in [4.69, 9.17) is 23.7 Å². The van der Waals surface area contributed by atoms with Gasteiger partial charge in [-0.3, -0.25) is 14.2 Å². The zero-order valence-electron chi connectivity index (χ0n) is 23.4. The van der Waals surface area contributed by atoms with Crippen LogP contribution in [0.4, 0.5) is 0 Å². The van der Waals surface area contributed by atoms with Crippen LogP contribution in [0.2, 0.25) is 0 Å². The van der Waals surface area contributed by atoms with Crippen LogP contribution in [-0.2, 0) is 14.3 Å². The molecule has 1 aliphatic heterocycles. The van der Waals surface area contributed by atoms with Crippen molar-refractivity contribution in [2.75, 3.05) is 27.4 Å². The highest BCUT2D eigenvalue weighted by Crippen LogP contribution is 2.37. The molecule has 0 unspecified atom stereocenters. The maximum atomic E-state index is 14.0. The molecule has 0 radical (unpaired) electrons. The Morgan fingerprint density at radius 3 is 2.44 bits per heavy atom. The average molecular weight is 693 g/mol. The molecule has 216 valence electrons. The number of thiazole rings is 1. The summed E-state index contributed by atoms with van der Waals surface area (Å²) in [7, 11) is 3.02. The lowest BCUT2D eigenvalue weighted by Gasteiger charge is -2.25. The third-order valence-corrected chi connectivity index (χ3v) is 7.90. The number of fused-ring (bicyclic) bond motifs is 1. The maximum absolute atomic E-state index is 14.0. The van der Waals surface area contributed by atoms with E-state index in [0.29, 0.717) is 59.3 Å². The number of aromatic nitrogens is 1. The average Bonchev–Trinajstić information content (AvgIpc) is 3.23. The number of halogens is 1.